The van der Waals surface area contributed by atoms with Crippen molar-refractivity contribution in [2.75, 3.05) is 5.32 Å². The fraction of sp³-hybridized carbons (Fsp3) is 0.167. The first-order chi connectivity index (χ1) is 12.8. The molecule has 0 spiro atoms. The molecule has 3 aromatic rings. The molecule has 0 atom stereocenters. The molecule has 0 aliphatic rings. The number of rotatable bonds is 6. The molecule has 0 radical (unpaired) electrons. The summed E-state index contributed by atoms with van der Waals surface area (Å²) in [5.41, 5.74) is 3.36. The zero-order chi connectivity index (χ0) is 19.4. The predicted molar refractivity (Wildman–Crippen MR) is 104 cm³/mol. The summed E-state index contributed by atoms with van der Waals surface area (Å²) in [6.45, 7) is 3.99. The Morgan fingerprint density at radius 2 is 1.74 bits per heavy atom. The third kappa shape index (κ3) is 4.76. The fourth-order valence-corrected chi connectivity index (χ4v) is 4.23. The van der Waals surface area contributed by atoms with Gasteiger partial charge in [-0.1, -0.05) is 53.3 Å². The highest BCUT2D eigenvalue weighted by Gasteiger charge is 2.21. The molecule has 140 valence electrons. The number of nitrogens with one attached hydrogen (secondary N) is 2. The molecule has 3 rings (SSSR count). The second kappa shape index (κ2) is 7.95. The van der Waals surface area contributed by atoms with Gasteiger partial charge in [0, 0.05) is 12.1 Å². The van der Waals surface area contributed by atoms with Gasteiger partial charge in [0.15, 0.2) is 0 Å². The van der Waals surface area contributed by atoms with E-state index in [2.05, 4.69) is 20.2 Å². The van der Waals surface area contributed by atoms with Gasteiger partial charge in [-0.05, 0) is 37.1 Å². The monoisotopic (exact) mass is 402 g/mol. The van der Waals surface area contributed by atoms with Gasteiger partial charge in [-0.3, -0.25) is 10.1 Å². The summed E-state index contributed by atoms with van der Waals surface area (Å²) in [5, 5.41) is 10.1. The van der Waals surface area contributed by atoms with Crippen LogP contribution in [-0.4, -0.2) is 24.5 Å². The van der Waals surface area contributed by atoms with Crippen molar-refractivity contribution in [2.24, 2.45) is 0 Å². The van der Waals surface area contributed by atoms with Crippen molar-refractivity contribution >= 4 is 32.4 Å². The van der Waals surface area contributed by atoms with E-state index in [0.29, 0.717) is 5.56 Å². The van der Waals surface area contributed by atoms with Gasteiger partial charge in [0.1, 0.15) is 0 Å². The molecule has 0 saturated carbocycles. The number of nitrogens with zero attached hydrogens (tertiary/aromatic N) is 2. The van der Waals surface area contributed by atoms with Gasteiger partial charge >= 0.3 is 0 Å². The van der Waals surface area contributed by atoms with Crippen LogP contribution in [0.3, 0.4) is 0 Å². The average Bonchev–Trinajstić information content (AvgIpc) is 3.11. The highest BCUT2D eigenvalue weighted by atomic mass is 32.2. The van der Waals surface area contributed by atoms with Crippen LogP contribution in [-0.2, 0) is 16.6 Å². The van der Waals surface area contributed by atoms with Gasteiger partial charge in [-0.2, -0.15) is 0 Å². The van der Waals surface area contributed by atoms with Gasteiger partial charge in [0.25, 0.3) is 15.9 Å². The lowest BCUT2D eigenvalue weighted by Gasteiger charge is -2.06. The van der Waals surface area contributed by atoms with E-state index in [4.69, 9.17) is 0 Å². The molecular weight excluding hydrogens is 384 g/mol. The quantitative estimate of drug-likeness (QED) is 0.618. The van der Waals surface area contributed by atoms with E-state index in [1.54, 1.807) is 12.1 Å². The second-order valence-electron chi connectivity index (χ2n) is 5.94. The fourth-order valence-electron chi connectivity index (χ4n) is 2.29. The van der Waals surface area contributed by atoms with Crippen molar-refractivity contribution in [1.82, 2.24) is 14.9 Å². The molecule has 0 aliphatic carbocycles. The zero-order valence-electron chi connectivity index (χ0n) is 14.8. The first-order valence-corrected chi connectivity index (χ1v) is 10.4. The van der Waals surface area contributed by atoms with Crippen molar-refractivity contribution in [3.63, 3.8) is 0 Å². The zero-order valence-corrected chi connectivity index (χ0v) is 16.4. The van der Waals surface area contributed by atoms with Crippen molar-refractivity contribution in [2.45, 2.75) is 24.7 Å². The van der Waals surface area contributed by atoms with Crippen LogP contribution in [0.25, 0.3) is 0 Å². The largest absolute Gasteiger partial charge is 0.296 e. The second-order valence-corrected chi connectivity index (χ2v) is 8.86. The van der Waals surface area contributed by atoms with Crippen molar-refractivity contribution in [3.05, 3.63) is 70.8 Å². The van der Waals surface area contributed by atoms with Gasteiger partial charge < -0.3 is 0 Å². The Kier molecular flexibility index (Phi) is 5.64. The Balaban J connectivity index is 1.67. The number of aryl methyl sites for hydroxylation is 2. The maximum Gasteiger partial charge on any atom is 0.270 e. The predicted octanol–water partition coefficient (Wildman–Crippen LogP) is 2.89. The number of benzene rings is 2. The Bertz CT molecular complexity index is 1060. The third-order valence-corrected chi connectivity index (χ3v) is 6.49. The maximum absolute atomic E-state index is 12.4. The van der Waals surface area contributed by atoms with Crippen molar-refractivity contribution in [3.8, 4) is 0 Å². The van der Waals surface area contributed by atoms with Gasteiger partial charge in [0.05, 0.1) is 0 Å². The van der Waals surface area contributed by atoms with E-state index >= 15 is 0 Å². The maximum atomic E-state index is 12.4. The summed E-state index contributed by atoms with van der Waals surface area (Å²) in [4.78, 5) is 12.2. The average molecular weight is 403 g/mol. The minimum absolute atomic E-state index is 0.122. The number of hydrogen-bond donors (Lipinski definition) is 2. The van der Waals surface area contributed by atoms with E-state index < -0.39 is 10.0 Å². The third-order valence-electron chi connectivity index (χ3n) is 3.88. The summed E-state index contributed by atoms with van der Waals surface area (Å²) >= 11 is 0.801. The smallest absolute Gasteiger partial charge is 0.270 e. The van der Waals surface area contributed by atoms with Crippen molar-refractivity contribution in [1.29, 1.82) is 0 Å². The molecule has 2 aromatic carbocycles. The SMILES string of the molecule is Cc1ccc(C(=O)Nc2nnc(S(=O)(=O)NCc3ccccc3C)s2)cc1. The molecular formula is C18H18N4O3S2. The Hall–Kier alpha value is -2.62. The first-order valence-electron chi connectivity index (χ1n) is 8.11. The molecule has 0 bridgehead atoms. The summed E-state index contributed by atoms with van der Waals surface area (Å²) < 4.78 is 27.1. The van der Waals surface area contributed by atoms with Crippen LogP contribution >= 0.6 is 11.3 Å². The summed E-state index contributed by atoms with van der Waals surface area (Å²) in [5.74, 6) is -0.372. The molecule has 2 N–H and O–H groups in total. The number of carbonyl (C=O) groups excluding carboxylic acids is 1. The minimum atomic E-state index is -3.82. The summed E-state index contributed by atoms with van der Waals surface area (Å²) in [6, 6.07) is 14.5. The Morgan fingerprint density at radius 3 is 2.44 bits per heavy atom. The van der Waals surface area contributed by atoms with E-state index in [9.17, 15) is 13.2 Å². The van der Waals surface area contributed by atoms with Gasteiger partial charge in [-0.15, -0.1) is 10.2 Å². The van der Waals surface area contributed by atoms with Crippen LogP contribution in [0.1, 0.15) is 27.0 Å². The number of anilines is 1. The lowest BCUT2D eigenvalue weighted by atomic mass is 10.1. The molecule has 1 aromatic heterocycles. The van der Waals surface area contributed by atoms with E-state index in [-0.39, 0.29) is 21.9 Å². The normalized spacial score (nSPS) is 11.3. The minimum Gasteiger partial charge on any atom is -0.296 e. The topological polar surface area (TPSA) is 101 Å². The summed E-state index contributed by atoms with van der Waals surface area (Å²) in [6.07, 6.45) is 0. The van der Waals surface area contributed by atoms with E-state index in [0.717, 1.165) is 28.0 Å². The molecule has 1 heterocycles. The first kappa shape index (κ1) is 19.2. The number of hydrogen-bond acceptors (Lipinski definition) is 6. The molecule has 0 unspecified atom stereocenters. The Morgan fingerprint density at radius 1 is 1.04 bits per heavy atom. The molecule has 1 amide bonds. The lowest BCUT2D eigenvalue weighted by Crippen LogP contribution is -2.23. The van der Waals surface area contributed by atoms with Gasteiger partial charge in [0.2, 0.25) is 9.47 Å². The number of carbonyl (C=O) groups is 1. The molecule has 27 heavy (non-hydrogen) atoms. The van der Waals surface area contributed by atoms with Crippen LogP contribution in [0, 0.1) is 13.8 Å². The number of aromatic nitrogens is 2. The van der Waals surface area contributed by atoms with Crippen molar-refractivity contribution < 1.29 is 13.2 Å². The summed E-state index contributed by atoms with van der Waals surface area (Å²) in [7, 11) is -3.82. The standard InChI is InChI=1S/C18H18N4O3S2/c1-12-7-9-14(10-8-12)16(23)20-17-21-22-18(26-17)27(24,25)19-11-15-6-4-3-5-13(15)2/h3-10,19H,11H2,1-2H3,(H,20,21,23). The van der Waals surface area contributed by atoms with Crippen LogP contribution < -0.4 is 10.0 Å². The van der Waals surface area contributed by atoms with E-state index in [1.807, 2.05) is 50.2 Å². The van der Waals surface area contributed by atoms with Crippen LogP contribution in [0.5, 0.6) is 0 Å². The Labute approximate surface area is 161 Å². The molecule has 0 saturated heterocycles. The molecule has 7 nitrogen and oxygen atoms in total. The molecule has 9 heteroatoms. The van der Waals surface area contributed by atoms with Gasteiger partial charge in [-0.25, -0.2) is 13.1 Å². The number of sulfonamides is 1. The van der Waals surface area contributed by atoms with E-state index in [1.165, 1.54) is 0 Å². The lowest BCUT2D eigenvalue weighted by molar-refractivity contribution is 0.102. The highest BCUT2D eigenvalue weighted by molar-refractivity contribution is 7.91. The molecule has 0 aliphatic heterocycles. The molecule has 0 fully saturated rings. The highest BCUT2D eigenvalue weighted by Crippen LogP contribution is 2.21. The van der Waals surface area contributed by atoms with Crippen LogP contribution in [0.4, 0.5) is 5.13 Å². The van der Waals surface area contributed by atoms with Crippen LogP contribution in [0.15, 0.2) is 52.9 Å². The van der Waals surface area contributed by atoms with Crippen LogP contribution in [0.2, 0.25) is 0 Å². The number of amides is 1.